The number of nitrogens with zero attached hydrogens (tertiary/aromatic N) is 1. The van der Waals surface area contributed by atoms with Crippen LogP contribution in [0.5, 0.6) is 17.2 Å². The fourth-order valence-electron chi connectivity index (χ4n) is 3.75. The zero-order chi connectivity index (χ0) is 28.7. The summed E-state index contributed by atoms with van der Waals surface area (Å²) < 4.78 is 67.4. The van der Waals surface area contributed by atoms with Crippen molar-refractivity contribution in [2.75, 3.05) is 19.5 Å². The highest BCUT2D eigenvalue weighted by Gasteiger charge is 2.19. The monoisotopic (exact) mass is 568 g/mol. The number of halogens is 2. The molecule has 0 aliphatic carbocycles. The van der Waals surface area contributed by atoms with E-state index in [0.717, 1.165) is 24.3 Å². The number of anilines is 1. The third-order valence-electron chi connectivity index (χ3n) is 5.83. The average molecular weight is 569 g/mol. The largest absolute Gasteiger partial charge is 0.497 e. The van der Waals surface area contributed by atoms with Gasteiger partial charge in [-0.15, -0.1) is 0 Å². The van der Waals surface area contributed by atoms with E-state index in [2.05, 4.69) is 5.32 Å². The van der Waals surface area contributed by atoms with E-state index < -0.39 is 27.8 Å². The van der Waals surface area contributed by atoms with Gasteiger partial charge in [0.15, 0.2) is 0 Å². The third-order valence-corrected chi connectivity index (χ3v) is 7.09. The maximum absolute atomic E-state index is 13.5. The molecule has 0 atom stereocenters. The van der Waals surface area contributed by atoms with Gasteiger partial charge in [0.2, 0.25) is 0 Å². The highest BCUT2D eigenvalue weighted by Crippen LogP contribution is 2.29. The maximum atomic E-state index is 13.5. The van der Waals surface area contributed by atoms with Crippen LogP contribution in [-0.2, 0) is 23.2 Å². The lowest BCUT2D eigenvalue weighted by Crippen LogP contribution is -2.34. The molecule has 0 aliphatic heterocycles. The molecule has 0 spiro atoms. The Bertz CT molecular complexity index is 1560. The van der Waals surface area contributed by atoms with Crippen molar-refractivity contribution < 1.29 is 35.6 Å². The van der Waals surface area contributed by atoms with Crippen LogP contribution in [-0.4, -0.2) is 33.6 Å². The summed E-state index contributed by atoms with van der Waals surface area (Å²) in [6.07, 6.45) is 0. The Morgan fingerprint density at radius 1 is 0.750 bits per heavy atom. The number of carbonyl (C=O) groups is 1. The molecule has 4 aromatic rings. The topological polar surface area (TPSA) is 94.2 Å². The Morgan fingerprint density at radius 3 is 1.82 bits per heavy atom. The van der Waals surface area contributed by atoms with Gasteiger partial charge in [-0.3, -0.25) is 0 Å². The molecular formula is C29H26F2N2O6S. The van der Waals surface area contributed by atoms with Crippen molar-refractivity contribution in [3.05, 3.63) is 114 Å². The molecule has 0 saturated carbocycles. The number of rotatable bonds is 10. The smallest absolute Gasteiger partial charge is 0.339 e. The number of hydrogen-bond donors (Lipinski definition) is 1. The van der Waals surface area contributed by atoms with Crippen LogP contribution in [0, 0.1) is 11.6 Å². The molecule has 0 radical (unpaired) electrons. The fraction of sp³-hybridized carbons (Fsp3) is 0.138. The minimum absolute atomic E-state index is 0.0468. The van der Waals surface area contributed by atoms with E-state index in [9.17, 15) is 22.0 Å². The van der Waals surface area contributed by atoms with Crippen molar-refractivity contribution >= 4 is 21.8 Å². The number of benzene rings is 4. The van der Waals surface area contributed by atoms with Crippen LogP contribution in [0.3, 0.4) is 0 Å². The molecule has 11 heteroatoms. The van der Waals surface area contributed by atoms with E-state index in [0.29, 0.717) is 28.3 Å². The van der Waals surface area contributed by atoms with Gasteiger partial charge in [0.25, 0.3) is 0 Å². The van der Waals surface area contributed by atoms with Crippen LogP contribution in [0.2, 0.25) is 0 Å². The predicted octanol–water partition coefficient (Wildman–Crippen LogP) is 5.98. The second kappa shape index (κ2) is 12.5. The van der Waals surface area contributed by atoms with Crippen molar-refractivity contribution in [1.29, 1.82) is 0 Å². The van der Waals surface area contributed by atoms with Crippen molar-refractivity contribution in [2.24, 2.45) is 0 Å². The number of methoxy groups -OCH3 is 2. The van der Waals surface area contributed by atoms with Gasteiger partial charge < -0.3 is 23.9 Å². The van der Waals surface area contributed by atoms with E-state index in [1.807, 2.05) is 0 Å². The molecule has 0 heterocycles. The Balaban J connectivity index is 1.52. The number of amides is 2. The first kappa shape index (κ1) is 28.4. The summed E-state index contributed by atoms with van der Waals surface area (Å²) >= 11 is 0. The molecule has 0 bridgehead atoms. The minimum Gasteiger partial charge on any atom is -0.497 e. The lowest BCUT2D eigenvalue weighted by atomic mass is 10.1. The molecule has 2 amide bonds. The summed E-state index contributed by atoms with van der Waals surface area (Å²) in [5, 5.41) is 2.83. The molecule has 0 aliphatic rings. The standard InChI is InChI=1S/C29H26F2N2O6S/c1-37-25-13-16-27(28(17-25)38-2)32-29(34)33(18-20-3-7-22(30)8-4-20)19-21-5-11-24(12-6-21)39-40(35,36)26-14-9-23(31)10-15-26/h3-17H,18-19H2,1-2H3,(H,32,34). The van der Waals surface area contributed by atoms with Gasteiger partial charge in [-0.2, -0.15) is 8.42 Å². The van der Waals surface area contributed by atoms with E-state index in [-0.39, 0.29) is 23.7 Å². The first-order valence-corrected chi connectivity index (χ1v) is 13.4. The SMILES string of the molecule is COc1ccc(NC(=O)N(Cc2ccc(F)cc2)Cc2ccc(OS(=O)(=O)c3ccc(F)cc3)cc2)c(OC)c1. The lowest BCUT2D eigenvalue weighted by molar-refractivity contribution is 0.206. The van der Waals surface area contributed by atoms with Gasteiger partial charge in [0.05, 0.1) is 19.9 Å². The maximum Gasteiger partial charge on any atom is 0.339 e. The molecule has 8 nitrogen and oxygen atoms in total. The highest BCUT2D eigenvalue weighted by atomic mass is 32.2. The molecule has 0 fully saturated rings. The number of ether oxygens (including phenoxy) is 2. The van der Waals surface area contributed by atoms with Crippen LogP contribution < -0.4 is 19.0 Å². The molecule has 0 aromatic heterocycles. The Kier molecular flexibility index (Phi) is 8.85. The molecule has 0 saturated heterocycles. The van der Waals surface area contributed by atoms with Crippen LogP contribution in [0.15, 0.2) is 95.9 Å². The van der Waals surface area contributed by atoms with E-state index in [4.69, 9.17) is 13.7 Å². The fourth-order valence-corrected chi connectivity index (χ4v) is 4.68. The summed E-state index contributed by atoms with van der Waals surface area (Å²) in [5.74, 6) is 0.0440. The first-order valence-electron chi connectivity index (χ1n) is 12.0. The van der Waals surface area contributed by atoms with E-state index in [1.54, 1.807) is 42.5 Å². The van der Waals surface area contributed by atoms with Crippen LogP contribution >= 0.6 is 0 Å². The zero-order valence-electron chi connectivity index (χ0n) is 21.6. The normalized spacial score (nSPS) is 11.0. The van der Waals surface area contributed by atoms with Crippen LogP contribution in [0.25, 0.3) is 0 Å². The Hall–Kier alpha value is -4.64. The van der Waals surface area contributed by atoms with Gasteiger partial charge in [-0.05, 0) is 71.8 Å². The second-order valence-electron chi connectivity index (χ2n) is 8.61. The van der Waals surface area contributed by atoms with Crippen molar-refractivity contribution in [1.82, 2.24) is 4.90 Å². The van der Waals surface area contributed by atoms with Crippen molar-refractivity contribution in [2.45, 2.75) is 18.0 Å². The van der Waals surface area contributed by atoms with Crippen LogP contribution in [0.4, 0.5) is 19.3 Å². The number of urea groups is 1. The van der Waals surface area contributed by atoms with E-state index >= 15 is 0 Å². The quantitative estimate of drug-likeness (QED) is 0.237. The molecule has 4 aromatic carbocycles. The molecular weight excluding hydrogens is 542 g/mol. The molecule has 4 rings (SSSR count). The van der Waals surface area contributed by atoms with Gasteiger partial charge in [0, 0.05) is 19.2 Å². The van der Waals surface area contributed by atoms with Gasteiger partial charge in [-0.25, -0.2) is 13.6 Å². The Labute approximate surface area is 230 Å². The summed E-state index contributed by atoms with van der Waals surface area (Å²) in [6, 6.07) is 20.7. The first-order chi connectivity index (χ1) is 19.2. The number of hydrogen-bond acceptors (Lipinski definition) is 6. The van der Waals surface area contributed by atoms with Gasteiger partial charge >= 0.3 is 16.1 Å². The lowest BCUT2D eigenvalue weighted by Gasteiger charge is -2.24. The average Bonchev–Trinajstić information content (AvgIpc) is 2.95. The number of nitrogens with one attached hydrogen (secondary N) is 1. The van der Waals surface area contributed by atoms with Gasteiger partial charge in [-0.1, -0.05) is 24.3 Å². The third kappa shape index (κ3) is 7.26. The van der Waals surface area contributed by atoms with Crippen molar-refractivity contribution in [3.8, 4) is 17.2 Å². The van der Waals surface area contributed by atoms with Gasteiger partial charge in [0.1, 0.15) is 33.8 Å². The summed E-state index contributed by atoms with van der Waals surface area (Å²) in [5.41, 5.74) is 1.79. The summed E-state index contributed by atoms with van der Waals surface area (Å²) in [6.45, 7) is 0.286. The van der Waals surface area contributed by atoms with Crippen molar-refractivity contribution in [3.63, 3.8) is 0 Å². The predicted molar refractivity (Wildman–Crippen MR) is 145 cm³/mol. The molecule has 40 heavy (non-hydrogen) atoms. The summed E-state index contributed by atoms with van der Waals surface area (Å²) in [7, 11) is -1.17. The minimum atomic E-state index is -4.16. The van der Waals surface area contributed by atoms with Crippen LogP contribution in [0.1, 0.15) is 11.1 Å². The molecule has 1 N–H and O–H groups in total. The zero-order valence-corrected chi connectivity index (χ0v) is 22.5. The van der Waals surface area contributed by atoms with E-state index in [1.165, 1.54) is 43.4 Å². The molecule has 208 valence electrons. The molecule has 0 unspecified atom stereocenters. The highest BCUT2D eigenvalue weighted by molar-refractivity contribution is 7.87. The second-order valence-corrected chi connectivity index (χ2v) is 10.2. The summed E-state index contributed by atoms with van der Waals surface area (Å²) in [4.78, 5) is 14.7. The Morgan fingerprint density at radius 2 is 1.27 bits per heavy atom. The number of carbonyl (C=O) groups excluding carboxylic acids is 1.